The van der Waals surface area contributed by atoms with E-state index in [1.165, 1.54) is 18.4 Å². The van der Waals surface area contributed by atoms with Crippen LogP contribution in [0.2, 0.25) is 5.02 Å². The predicted octanol–water partition coefficient (Wildman–Crippen LogP) is 4.00. The smallest absolute Gasteiger partial charge is 0.126 e. The first-order valence-electron chi connectivity index (χ1n) is 7.75. The minimum atomic E-state index is -0.269. The highest BCUT2D eigenvalue weighted by molar-refractivity contribution is 6.30. The maximum atomic E-state index is 10.5. The zero-order valence-electron chi connectivity index (χ0n) is 12.1. The van der Waals surface area contributed by atoms with Gasteiger partial charge in [-0.15, -0.1) is 0 Å². The van der Waals surface area contributed by atoms with E-state index in [0.717, 1.165) is 48.1 Å². The molecule has 1 N–H and O–H groups in total. The van der Waals surface area contributed by atoms with E-state index in [1.807, 2.05) is 12.1 Å². The predicted molar refractivity (Wildman–Crippen MR) is 81.5 cm³/mol. The topological polar surface area (TPSA) is 29.5 Å². The Labute approximate surface area is 126 Å². The van der Waals surface area contributed by atoms with Crippen LogP contribution in [0.4, 0.5) is 0 Å². The Kier molecular flexibility index (Phi) is 4.23. The minimum Gasteiger partial charge on any atom is -0.493 e. The van der Waals surface area contributed by atoms with Gasteiger partial charge in [-0.05, 0) is 47.9 Å². The molecular formula is C17H23ClO2. The highest BCUT2D eigenvalue weighted by Gasteiger charge is 2.27. The lowest BCUT2D eigenvalue weighted by atomic mass is 9.79. The number of benzene rings is 1. The Bertz CT molecular complexity index is 478. The number of fused-ring (bicyclic) bond motifs is 1. The van der Waals surface area contributed by atoms with Crippen LogP contribution in [0.1, 0.15) is 43.7 Å². The molecule has 1 aromatic rings. The number of halogens is 1. The lowest BCUT2D eigenvalue weighted by molar-refractivity contribution is 0.0755. The van der Waals surface area contributed by atoms with Crippen LogP contribution in [0.25, 0.3) is 0 Å². The van der Waals surface area contributed by atoms with E-state index in [4.69, 9.17) is 16.3 Å². The van der Waals surface area contributed by atoms with Crippen LogP contribution >= 0.6 is 11.6 Å². The number of ether oxygens (including phenoxy) is 1. The molecule has 1 unspecified atom stereocenters. The van der Waals surface area contributed by atoms with Gasteiger partial charge in [0.05, 0.1) is 12.7 Å². The summed E-state index contributed by atoms with van der Waals surface area (Å²) in [6.45, 7) is 3.04. The Morgan fingerprint density at radius 2 is 2.05 bits per heavy atom. The lowest BCUT2D eigenvalue weighted by Gasteiger charge is -2.30. The Balaban J connectivity index is 1.71. The summed E-state index contributed by atoms with van der Waals surface area (Å²) >= 11 is 6.18. The molecule has 1 aromatic carbocycles. The second-order valence-electron chi connectivity index (χ2n) is 6.44. The molecule has 110 valence electrons. The van der Waals surface area contributed by atoms with Crippen LogP contribution in [-0.4, -0.2) is 17.8 Å². The van der Waals surface area contributed by atoms with E-state index < -0.39 is 0 Å². The fraction of sp³-hybridized carbons (Fsp3) is 0.647. The third-order valence-electron chi connectivity index (χ3n) is 4.86. The quantitative estimate of drug-likeness (QED) is 0.913. The zero-order chi connectivity index (χ0) is 14.1. The molecule has 0 spiro atoms. The van der Waals surface area contributed by atoms with Crippen LogP contribution in [0.3, 0.4) is 0 Å². The van der Waals surface area contributed by atoms with Crippen LogP contribution in [0.15, 0.2) is 12.1 Å². The van der Waals surface area contributed by atoms with Crippen molar-refractivity contribution in [1.82, 2.24) is 0 Å². The number of aliphatic hydroxyl groups excluding tert-OH is 1. The van der Waals surface area contributed by atoms with E-state index in [2.05, 4.69) is 6.92 Å². The summed E-state index contributed by atoms with van der Waals surface area (Å²) in [5.41, 5.74) is 2.27. The summed E-state index contributed by atoms with van der Waals surface area (Å²) in [4.78, 5) is 0. The lowest BCUT2D eigenvalue weighted by Crippen LogP contribution is -2.27. The molecule has 1 heterocycles. The standard InChI is InChI=1S/C17H23ClO2/c1-11-2-4-12(5-3-11)16(19)10-14-9-15(18)8-13-6-7-20-17(13)14/h8-9,11-12,16,19H,2-7,10H2,1H3. The van der Waals surface area contributed by atoms with E-state index in [-0.39, 0.29) is 6.10 Å². The second kappa shape index (κ2) is 5.95. The molecule has 1 saturated carbocycles. The summed E-state index contributed by atoms with van der Waals surface area (Å²) in [6.07, 6.45) is 6.10. The van der Waals surface area contributed by atoms with Crippen molar-refractivity contribution in [3.05, 3.63) is 28.3 Å². The van der Waals surface area contributed by atoms with Crippen molar-refractivity contribution < 1.29 is 9.84 Å². The van der Waals surface area contributed by atoms with Crippen molar-refractivity contribution >= 4 is 11.6 Å². The number of rotatable bonds is 3. The number of hydrogen-bond acceptors (Lipinski definition) is 2. The van der Waals surface area contributed by atoms with Crippen LogP contribution in [-0.2, 0) is 12.8 Å². The van der Waals surface area contributed by atoms with Gasteiger partial charge in [0.1, 0.15) is 5.75 Å². The summed E-state index contributed by atoms with van der Waals surface area (Å²) in [5.74, 6) is 2.22. The summed E-state index contributed by atoms with van der Waals surface area (Å²) in [6, 6.07) is 3.95. The molecule has 3 rings (SSSR count). The van der Waals surface area contributed by atoms with Crippen molar-refractivity contribution in [1.29, 1.82) is 0 Å². The first-order chi connectivity index (χ1) is 9.63. The third-order valence-corrected chi connectivity index (χ3v) is 5.08. The normalized spacial score (nSPS) is 26.9. The molecule has 0 bridgehead atoms. The monoisotopic (exact) mass is 294 g/mol. The molecule has 0 aromatic heterocycles. The summed E-state index contributed by atoms with van der Waals surface area (Å²) in [5, 5.41) is 11.3. The molecule has 1 atom stereocenters. The van der Waals surface area contributed by atoms with Gasteiger partial charge in [-0.2, -0.15) is 0 Å². The average Bonchev–Trinajstić information content (AvgIpc) is 2.87. The molecule has 1 aliphatic carbocycles. The molecule has 1 aliphatic heterocycles. The van der Waals surface area contributed by atoms with Gasteiger partial charge in [-0.3, -0.25) is 0 Å². The third kappa shape index (κ3) is 2.96. The van der Waals surface area contributed by atoms with Crippen molar-refractivity contribution in [3.63, 3.8) is 0 Å². The zero-order valence-corrected chi connectivity index (χ0v) is 12.8. The fourth-order valence-electron chi connectivity index (χ4n) is 3.56. The van der Waals surface area contributed by atoms with Gasteiger partial charge < -0.3 is 9.84 Å². The van der Waals surface area contributed by atoms with Crippen LogP contribution in [0.5, 0.6) is 5.75 Å². The molecule has 2 nitrogen and oxygen atoms in total. The van der Waals surface area contributed by atoms with Crippen LogP contribution in [0, 0.1) is 11.8 Å². The molecular weight excluding hydrogens is 272 g/mol. The SMILES string of the molecule is CC1CCC(C(O)Cc2cc(Cl)cc3c2OCC3)CC1. The van der Waals surface area contributed by atoms with Gasteiger partial charge in [0, 0.05) is 17.9 Å². The van der Waals surface area contributed by atoms with Gasteiger partial charge in [-0.1, -0.05) is 31.4 Å². The minimum absolute atomic E-state index is 0.269. The van der Waals surface area contributed by atoms with Gasteiger partial charge in [0.2, 0.25) is 0 Å². The molecule has 1 fully saturated rings. The van der Waals surface area contributed by atoms with Crippen molar-refractivity contribution in [2.75, 3.05) is 6.61 Å². The average molecular weight is 295 g/mol. The van der Waals surface area contributed by atoms with E-state index >= 15 is 0 Å². The Morgan fingerprint density at radius 3 is 2.80 bits per heavy atom. The fourth-order valence-corrected chi connectivity index (χ4v) is 3.82. The number of aliphatic hydroxyl groups is 1. The molecule has 3 heteroatoms. The van der Waals surface area contributed by atoms with Gasteiger partial charge in [0.25, 0.3) is 0 Å². The summed E-state index contributed by atoms with van der Waals surface area (Å²) < 4.78 is 5.72. The van der Waals surface area contributed by atoms with E-state index in [9.17, 15) is 5.11 Å². The molecule has 20 heavy (non-hydrogen) atoms. The molecule has 0 amide bonds. The first-order valence-corrected chi connectivity index (χ1v) is 8.13. The van der Waals surface area contributed by atoms with E-state index in [1.54, 1.807) is 0 Å². The van der Waals surface area contributed by atoms with Crippen LogP contribution < -0.4 is 4.74 Å². The Morgan fingerprint density at radius 1 is 1.30 bits per heavy atom. The maximum absolute atomic E-state index is 10.5. The molecule has 0 saturated heterocycles. The maximum Gasteiger partial charge on any atom is 0.126 e. The van der Waals surface area contributed by atoms with E-state index in [0.29, 0.717) is 12.3 Å². The molecule has 2 aliphatic rings. The van der Waals surface area contributed by atoms with Gasteiger partial charge >= 0.3 is 0 Å². The molecule has 0 radical (unpaired) electrons. The largest absolute Gasteiger partial charge is 0.493 e. The highest BCUT2D eigenvalue weighted by Crippen LogP contribution is 2.36. The summed E-state index contributed by atoms with van der Waals surface area (Å²) in [7, 11) is 0. The highest BCUT2D eigenvalue weighted by atomic mass is 35.5. The van der Waals surface area contributed by atoms with Crippen molar-refractivity contribution in [2.24, 2.45) is 11.8 Å². The van der Waals surface area contributed by atoms with Crippen molar-refractivity contribution in [3.8, 4) is 5.75 Å². The van der Waals surface area contributed by atoms with Gasteiger partial charge in [0.15, 0.2) is 0 Å². The first kappa shape index (κ1) is 14.2. The Hall–Kier alpha value is -0.730. The second-order valence-corrected chi connectivity index (χ2v) is 6.88. The van der Waals surface area contributed by atoms with Crippen molar-refractivity contribution in [2.45, 2.75) is 51.6 Å². The number of hydrogen-bond donors (Lipinski definition) is 1. The van der Waals surface area contributed by atoms with Gasteiger partial charge in [-0.25, -0.2) is 0 Å².